The molecule has 0 heterocycles. The number of methoxy groups -OCH3 is 2. The topological polar surface area (TPSA) is 18.5 Å². The first-order chi connectivity index (χ1) is 23.2. The number of hydrogen-bond donors (Lipinski definition) is 0. The van der Waals surface area contributed by atoms with Crippen LogP contribution in [0, 0.1) is 62.3 Å². The van der Waals surface area contributed by atoms with Gasteiger partial charge in [-0.15, -0.1) is 0 Å². The molecule has 5 heteroatoms. The van der Waals surface area contributed by atoms with E-state index < -0.39 is 15.8 Å². The van der Waals surface area contributed by atoms with E-state index in [2.05, 4.69) is 121 Å². The molecule has 4 aromatic rings. The summed E-state index contributed by atoms with van der Waals surface area (Å²) in [7, 11) is 2.46. The van der Waals surface area contributed by atoms with Gasteiger partial charge in [0, 0.05) is 0 Å². The summed E-state index contributed by atoms with van der Waals surface area (Å²) >= 11 is 0. The molecule has 3 atom stereocenters. The standard InChI is InChI=1S/C39H48O2P2.C5H10.2CH3.Fe/c1-25-15-10-12-18-35(25)42(36-19-13-11-16-26(36)2)31(7)34-17-14-20-37(34)43(32-21-27(3)38(40-8)28(4)22-32)33-23-29(5)39(41-9)30(6)24-33;1-2-4-5-3-1;;;/h10-13,15-16,18-19,21-24,31,34,37H,14,17,20H2,1-9H3;1-5H2;2*1H3;/q;;2*-1;+2. The Kier molecular flexibility index (Phi) is 18.5. The Balaban J connectivity index is 0.00000104. The molecule has 2 saturated carbocycles. The minimum absolute atomic E-state index is 0. The van der Waals surface area contributed by atoms with Gasteiger partial charge < -0.3 is 24.3 Å². The van der Waals surface area contributed by atoms with E-state index in [1.54, 1.807) is 24.8 Å². The van der Waals surface area contributed by atoms with Crippen molar-refractivity contribution < 1.29 is 26.5 Å². The van der Waals surface area contributed by atoms with Gasteiger partial charge in [0.2, 0.25) is 0 Å². The van der Waals surface area contributed by atoms with Crippen LogP contribution in [0.1, 0.15) is 91.7 Å². The van der Waals surface area contributed by atoms with E-state index >= 15 is 0 Å². The maximum absolute atomic E-state index is 5.81. The Hall–Kier alpha value is -2.14. The van der Waals surface area contributed by atoms with E-state index in [-0.39, 0.29) is 31.9 Å². The van der Waals surface area contributed by atoms with Crippen molar-refractivity contribution in [3.05, 3.63) is 121 Å². The number of aryl methyl sites for hydroxylation is 6. The van der Waals surface area contributed by atoms with E-state index in [0.29, 0.717) is 17.2 Å². The van der Waals surface area contributed by atoms with Crippen molar-refractivity contribution in [2.24, 2.45) is 5.92 Å². The predicted octanol–water partition coefficient (Wildman–Crippen LogP) is 11.5. The van der Waals surface area contributed by atoms with Crippen molar-refractivity contribution >= 4 is 37.1 Å². The summed E-state index contributed by atoms with van der Waals surface area (Å²) in [5, 5.41) is 6.05. The molecule has 0 radical (unpaired) electrons. The van der Waals surface area contributed by atoms with Crippen LogP contribution in [0.15, 0.2) is 72.8 Å². The summed E-state index contributed by atoms with van der Waals surface area (Å²) in [5.74, 6) is 2.67. The van der Waals surface area contributed by atoms with E-state index in [1.807, 2.05) is 0 Å². The van der Waals surface area contributed by atoms with Crippen molar-refractivity contribution in [1.82, 2.24) is 0 Å². The van der Waals surface area contributed by atoms with E-state index in [4.69, 9.17) is 9.47 Å². The molecular weight excluding hydrogens is 702 g/mol. The van der Waals surface area contributed by atoms with Gasteiger partial charge in [-0.2, -0.15) is 0 Å². The van der Waals surface area contributed by atoms with Crippen molar-refractivity contribution in [3.8, 4) is 11.5 Å². The molecular formula is C46H64FeO2P2. The Morgan fingerprint density at radius 3 is 1.27 bits per heavy atom. The number of benzene rings is 4. The van der Waals surface area contributed by atoms with Gasteiger partial charge in [0.25, 0.3) is 0 Å². The zero-order chi connectivity index (χ0) is 34.4. The van der Waals surface area contributed by atoms with Gasteiger partial charge in [-0.25, -0.2) is 0 Å². The maximum Gasteiger partial charge on any atom is 2.00 e. The largest absolute Gasteiger partial charge is 2.00 e. The minimum atomic E-state index is -0.602. The zero-order valence-corrected chi connectivity index (χ0v) is 36.3. The van der Waals surface area contributed by atoms with Crippen molar-refractivity contribution in [3.63, 3.8) is 0 Å². The fraction of sp³-hybridized carbons (Fsp3) is 0.435. The Morgan fingerprint density at radius 1 is 0.549 bits per heavy atom. The monoisotopic (exact) mass is 766 g/mol. The van der Waals surface area contributed by atoms with E-state index in [1.165, 1.54) is 95.4 Å². The second kappa shape index (κ2) is 20.9. The van der Waals surface area contributed by atoms with Gasteiger partial charge in [-0.3, -0.25) is 0 Å². The third-order valence-electron chi connectivity index (χ3n) is 10.7. The Bertz CT molecular complexity index is 1520. The summed E-state index contributed by atoms with van der Waals surface area (Å²) in [5.41, 5.74) is 8.95. The Morgan fingerprint density at radius 2 is 0.922 bits per heavy atom. The number of rotatable bonds is 9. The van der Waals surface area contributed by atoms with Crippen LogP contribution in [0.3, 0.4) is 0 Å². The van der Waals surface area contributed by atoms with E-state index in [9.17, 15) is 0 Å². The second-order valence-corrected chi connectivity index (χ2v) is 19.2. The summed E-state index contributed by atoms with van der Waals surface area (Å²) in [4.78, 5) is 0. The van der Waals surface area contributed by atoms with Gasteiger partial charge in [-0.05, 0) is 166 Å². The predicted molar refractivity (Wildman–Crippen MR) is 226 cm³/mol. The molecule has 3 unspecified atom stereocenters. The molecule has 6 rings (SSSR count). The quantitative estimate of drug-likeness (QED) is 0.0960. The number of ether oxygens (including phenoxy) is 2. The average Bonchev–Trinajstić information content (AvgIpc) is 3.79. The van der Waals surface area contributed by atoms with Crippen molar-refractivity contribution in [1.29, 1.82) is 0 Å². The third kappa shape index (κ3) is 10.3. The molecule has 0 N–H and O–H groups in total. The van der Waals surface area contributed by atoms with Crippen LogP contribution < -0.4 is 30.7 Å². The molecule has 0 spiro atoms. The molecule has 0 saturated heterocycles. The average molecular weight is 767 g/mol. The molecule has 51 heavy (non-hydrogen) atoms. The van der Waals surface area contributed by atoms with Crippen LogP contribution in [0.4, 0.5) is 0 Å². The van der Waals surface area contributed by atoms with Crippen molar-refractivity contribution in [2.45, 2.75) is 111 Å². The fourth-order valence-corrected chi connectivity index (χ4v) is 15.5. The van der Waals surface area contributed by atoms with Crippen LogP contribution in [0.2, 0.25) is 0 Å². The third-order valence-corrected chi connectivity index (χ3v) is 16.9. The van der Waals surface area contributed by atoms with Crippen LogP contribution in [-0.2, 0) is 17.1 Å². The minimum Gasteiger partial charge on any atom is -0.496 e. The summed E-state index contributed by atoms with van der Waals surface area (Å²) in [6.07, 6.45) is 11.4. The van der Waals surface area contributed by atoms with Gasteiger partial charge >= 0.3 is 17.1 Å². The van der Waals surface area contributed by atoms with Gasteiger partial charge in [0.15, 0.2) is 0 Å². The SMILES string of the molecule is C1CCCC1.COc1c(C)cc(P(c2cc(C)c(OC)c(C)c2)C2CCCC2C(C)P(c2ccccc2C)c2ccccc2C)cc1C.[CH3-].[CH3-].[Fe+2]. The van der Waals surface area contributed by atoms with Crippen LogP contribution in [0.5, 0.6) is 11.5 Å². The van der Waals surface area contributed by atoms with Crippen LogP contribution in [-0.4, -0.2) is 25.5 Å². The molecule has 278 valence electrons. The first-order valence-corrected chi connectivity index (χ1v) is 21.0. The zero-order valence-electron chi connectivity index (χ0n) is 33.4. The summed E-state index contributed by atoms with van der Waals surface area (Å²) < 4.78 is 11.6. The van der Waals surface area contributed by atoms with Gasteiger partial charge in [0.05, 0.1) is 14.2 Å². The fourth-order valence-electron chi connectivity index (χ4n) is 8.47. The van der Waals surface area contributed by atoms with Gasteiger partial charge in [0.1, 0.15) is 11.5 Å². The molecule has 2 aliphatic carbocycles. The molecule has 0 amide bonds. The normalized spacial score (nSPS) is 17.1. The van der Waals surface area contributed by atoms with E-state index in [0.717, 1.165) is 11.5 Å². The summed E-state index contributed by atoms with van der Waals surface area (Å²) in [6.45, 7) is 16.0. The molecule has 0 aliphatic heterocycles. The molecule has 2 fully saturated rings. The van der Waals surface area contributed by atoms with Crippen LogP contribution >= 0.6 is 15.8 Å². The van der Waals surface area contributed by atoms with Gasteiger partial charge in [-0.1, -0.05) is 94.0 Å². The smallest absolute Gasteiger partial charge is 0.496 e. The molecule has 4 aromatic carbocycles. The molecule has 2 nitrogen and oxygen atoms in total. The maximum atomic E-state index is 5.81. The Labute approximate surface area is 325 Å². The second-order valence-electron chi connectivity index (χ2n) is 14.2. The molecule has 0 aromatic heterocycles. The summed E-state index contributed by atoms with van der Waals surface area (Å²) in [6, 6.07) is 28.0. The molecule has 2 aliphatic rings. The van der Waals surface area contributed by atoms with Crippen molar-refractivity contribution in [2.75, 3.05) is 14.2 Å². The molecule has 0 bridgehead atoms. The van der Waals surface area contributed by atoms with Crippen LogP contribution in [0.25, 0.3) is 0 Å². The number of hydrogen-bond acceptors (Lipinski definition) is 2. The first-order valence-electron chi connectivity index (χ1n) is 18.2. The first kappa shape index (κ1) is 45.0.